The van der Waals surface area contributed by atoms with Gasteiger partial charge >= 0.3 is 0 Å². The number of hydrogen-bond donors (Lipinski definition) is 0. The van der Waals surface area contributed by atoms with Gasteiger partial charge in [-0.3, -0.25) is 0 Å². The van der Waals surface area contributed by atoms with Crippen LogP contribution < -0.4 is 9.64 Å². The van der Waals surface area contributed by atoms with E-state index in [1.807, 2.05) is 71.8 Å². The van der Waals surface area contributed by atoms with Crippen molar-refractivity contribution in [2.45, 2.75) is 19.3 Å². The molecule has 7 aromatic rings. The number of para-hydroxylation sites is 1. The van der Waals surface area contributed by atoms with E-state index in [1.165, 1.54) is 10.5 Å². The summed E-state index contributed by atoms with van der Waals surface area (Å²) in [5.41, 5.74) is 8.44. The molecule has 238 valence electrons. The Hall–Kier alpha value is -5.12. The van der Waals surface area contributed by atoms with Crippen LogP contribution in [0.5, 0.6) is 11.5 Å². The molecule has 0 spiro atoms. The number of nitrogens with zero attached hydrogens (tertiary/aromatic N) is 4. The molecule has 9 rings (SSSR count). The van der Waals surface area contributed by atoms with Gasteiger partial charge in [-0.25, -0.2) is 4.98 Å². The van der Waals surface area contributed by atoms with Gasteiger partial charge in [-0.2, -0.15) is 18.8 Å². The molecule has 0 bridgehead atoms. The summed E-state index contributed by atoms with van der Waals surface area (Å²) in [6.07, 6.45) is 3.54. The Kier molecular flexibility index (Phi) is 6.46. The molecule has 2 aliphatic rings. The maximum absolute atomic E-state index is 8.02. The Balaban J connectivity index is 0.00000374. The number of aromatic nitrogens is 2. The van der Waals surface area contributed by atoms with Gasteiger partial charge in [-0.1, -0.05) is 103 Å². The van der Waals surface area contributed by atoms with Crippen molar-refractivity contribution in [3.63, 3.8) is 0 Å². The van der Waals surface area contributed by atoms with Crippen molar-refractivity contribution in [1.82, 2.24) is 14.5 Å². The van der Waals surface area contributed by atoms with E-state index >= 15 is 0 Å². The number of fused-ring (bicyclic) bond motifs is 9. The average Bonchev–Trinajstić information content (AvgIpc) is 3.73. The third-order valence-corrected chi connectivity index (χ3v) is 9.36. The van der Waals surface area contributed by atoms with Gasteiger partial charge in [-0.05, 0) is 53.5 Å². The van der Waals surface area contributed by atoms with Gasteiger partial charge in [0, 0.05) is 59.5 Å². The average molecular weight is 806 g/mol. The van der Waals surface area contributed by atoms with Crippen LogP contribution >= 0.6 is 0 Å². The molecule has 0 N–H and O–H groups in total. The first kappa shape index (κ1) is 26.9. The van der Waals surface area contributed by atoms with Crippen molar-refractivity contribution in [3.8, 4) is 28.4 Å². The summed E-state index contributed by atoms with van der Waals surface area (Å²) in [5, 5.41) is 2.14. The summed E-state index contributed by atoms with van der Waals surface area (Å²) < 4.78 is 32.7. The summed E-state index contributed by atoms with van der Waals surface area (Å²) >= 11 is 0. The summed E-state index contributed by atoms with van der Waals surface area (Å²) in [7, 11) is 0. The smallest absolute Gasteiger partial charge is 0.135 e. The zero-order chi connectivity index (χ0) is 34.2. The summed E-state index contributed by atoms with van der Waals surface area (Å²) in [4.78, 5) is 8.00. The molecule has 0 unspecified atom stereocenters. The van der Waals surface area contributed by atoms with E-state index in [-0.39, 0.29) is 26.5 Å². The third kappa shape index (κ3) is 4.76. The molecule has 2 aliphatic heterocycles. The minimum atomic E-state index is -2.32. The van der Waals surface area contributed by atoms with Gasteiger partial charge in [-0.15, -0.1) is 35.2 Å². The molecule has 0 fully saturated rings. The Bertz CT molecular complexity index is 2490. The summed E-state index contributed by atoms with van der Waals surface area (Å²) in [6.45, 7) is 3.76. The second kappa shape index (κ2) is 11.5. The van der Waals surface area contributed by atoms with E-state index < -0.39 is 6.98 Å². The fourth-order valence-electron chi connectivity index (χ4n) is 6.90. The van der Waals surface area contributed by atoms with Crippen molar-refractivity contribution >= 4 is 33.2 Å². The zero-order valence-electron chi connectivity index (χ0n) is 29.2. The second-order valence-corrected chi connectivity index (χ2v) is 12.5. The molecule has 48 heavy (non-hydrogen) atoms. The maximum Gasteiger partial charge on any atom is 0.135 e. The molecule has 0 aliphatic carbocycles. The number of ether oxygens (including phenoxy) is 1. The molecule has 4 heterocycles. The fraction of sp³-hybridized carbons (Fsp3) is 0.0952. The second-order valence-electron chi connectivity index (χ2n) is 12.5. The molecule has 0 amide bonds. The standard InChI is InChI=1S/C42H31N4O.Pt/c1-42(2,28-11-5-4-6-12-28)29-21-22-43-41(23-29)46-37-16-10-9-15-34(37)36-20-18-31(25-39(36)46)47-30-17-19-35-32-13-7-8-14-33(32)40-26-44(3)27-45(40)38(35)24-30;/h4-23,26-27H,1-3H3;/q-3;/i3D3;. The fourth-order valence-corrected chi connectivity index (χ4v) is 6.90. The molecule has 0 atom stereocenters. The predicted octanol–water partition coefficient (Wildman–Crippen LogP) is 9.74. The SMILES string of the molecule is [2H]C([2H])([2H])N1C=C2c3ccccc3-c3ccc(Oc4[c-]c5c(cc4)c4ccccc4n5-c4cc(C(C)(C)c5ccccc5)ccn4)[c-]c3N2[CH-]1.[Pt]. The van der Waals surface area contributed by atoms with Crippen LogP contribution in [-0.4, -0.2) is 21.4 Å². The quantitative estimate of drug-likeness (QED) is 0.162. The van der Waals surface area contributed by atoms with Crippen molar-refractivity contribution < 1.29 is 29.9 Å². The number of hydrogen-bond acceptors (Lipinski definition) is 4. The van der Waals surface area contributed by atoms with Crippen molar-refractivity contribution in [3.05, 3.63) is 163 Å². The third-order valence-electron chi connectivity index (χ3n) is 9.36. The van der Waals surface area contributed by atoms with Crippen LogP contribution in [-0.2, 0) is 26.5 Å². The van der Waals surface area contributed by atoms with E-state index in [4.69, 9.17) is 13.8 Å². The van der Waals surface area contributed by atoms with Crippen molar-refractivity contribution in [2.75, 3.05) is 11.9 Å². The van der Waals surface area contributed by atoms with E-state index in [9.17, 15) is 0 Å². The van der Waals surface area contributed by atoms with E-state index in [0.29, 0.717) is 11.5 Å². The van der Waals surface area contributed by atoms with Gasteiger partial charge in [0.2, 0.25) is 0 Å². The predicted molar refractivity (Wildman–Crippen MR) is 189 cm³/mol. The summed E-state index contributed by atoms with van der Waals surface area (Å²) in [6, 6.07) is 46.0. The molecule has 0 saturated carbocycles. The maximum atomic E-state index is 8.02. The molecule has 6 heteroatoms. The number of anilines is 1. The monoisotopic (exact) mass is 805 g/mol. The van der Waals surface area contributed by atoms with Gasteiger partial charge in [0.25, 0.3) is 0 Å². The molecular formula is C42H31N4OPt-3. The minimum absolute atomic E-state index is 0. The topological polar surface area (TPSA) is 33.5 Å². The van der Waals surface area contributed by atoms with Crippen LogP contribution in [0.25, 0.3) is 44.4 Å². The number of benzene rings is 5. The Morgan fingerprint density at radius 3 is 2.35 bits per heavy atom. The van der Waals surface area contributed by atoms with Crippen LogP contribution in [0.4, 0.5) is 5.69 Å². The van der Waals surface area contributed by atoms with Crippen molar-refractivity contribution in [1.29, 1.82) is 0 Å². The van der Waals surface area contributed by atoms with Crippen LogP contribution in [0.1, 0.15) is 34.7 Å². The number of pyridine rings is 1. The Morgan fingerprint density at radius 2 is 1.50 bits per heavy atom. The van der Waals surface area contributed by atoms with Crippen LogP contribution in [0, 0.1) is 18.8 Å². The van der Waals surface area contributed by atoms with Gasteiger partial charge in [0.05, 0.1) is 0 Å². The molecule has 2 aromatic heterocycles. The largest absolute Gasteiger partial charge is 0.510 e. The minimum Gasteiger partial charge on any atom is -0.510 e. The summed E-state index contributed by atoms with van der Waals surface area (Å²) in [5.74, 6) is 1.82. The van der Waals surface area contributed by atoms with Crippen molar-refractivity contribution in [2.24, 2.45) is 0 Å². The van der Waals surface area contributed by atoms with E-state index in [2.05, 4.69) is 85.1 Å². The normalized spacial score (nSPS) is 14.7. The van der Waals surface area contributed by atoms with Gasteiger partial charge < -0.3 is 19.1 Å². The van der Waals surface area contributed by atoms with E-state index in [1.54, 1.807) is 12.9 Å². The molecule has 0 saturated heterocycles. The molecule has 5 nitrogen and oxygen atoms in total. The first-order valence-electron chi connectivity index (χ1n) is 17.1. The van der Waals surface area contributed by atoms with Crippen LogP contribution in [0.3, 0.4) is 0 Å². The molecule has 5 aromatic carbocycles. The van der Waals surface area contributed by atoms with Crippen LogP contribution in [0.2, 0.25) is 0 Å². The Morgan fingerprint density at radius 1 is 0.750 bits per heavy atom. The van der Waals surface area contributed by atoms with Gasteiger partial charge in [0.15, 0.2) is 0 Å². The van der Waals surface area contributed by atoms with E-state index in [0.717, 1.165) is 61.3 Å². The molecule has 0 radical (unpaired) electrons. The Labute approximate surface area is 299 Å². The van der Waals surface area contributed by atoms with Crippen LogP contribution in [0.15, 0.2) is 128 Å². The number of rotatable bonds is 5. The first-order chi connectivity index (χ1) is 24.2. The van der Waals surface area contributed by atoms with Gasteiger partial charge in [0.1, 0.15) is 5.82 Å². The molecular weight excluding hydrogens is 772 g/mol. The first-order valence-corrected chi connectivity index (χ1v) is 15.6. The zero-order valence-corrected chi connectivity index (χ0v) is 28.5.